The van der Waals surface area contributed by atoms with Crippen molar-refractivity contribution in [2.24, 2.45) is 5.41 Å². The highest BCUT2D eigenvalue weighted by molar-refractivity contribution is 7.86. The smallest absolute Gasteiger partial charge is 0.306 e. The lowest BCUT2D eigenvalue weighted by Gasteiger charge is -2.34. The van der Waals surface area contributed by atoms with E-state index in [1.807, 2.05) is 31.3 Å². The molecule has 0 unspecified atom stereocenters. The number of aryl methyl sites for hydroxylation is 1. The molecule has 0 aliphatic carbocycles. The van der Waals surface area contributed by atoms with Crippen molar-refractivity contribution in [1.82, 2.24) is 9.38 Å². The van der Waals surface area contributed by atoms with Crippen molar-refractivity contribution in [3.8, 4) is 17.0 Å². The fraction of sp³-hybridized carbons (Fsp3) is 0.435. The van der Waals surface area contributed by atoms with Gasteiger partial charge in [0.15, 0.2) is 0 Å². The Hall–Kier alpha value is -2.54. The van der Waals surface area contributed by atoms with Gasteiger partial charge in [-0.2, -0.15) is 8.42 Å². The van der Waals surface area contributed by atoms with Crippen molar-refractivity contribution < 1.29 is 12.6 Å². The van der Waals surface area contributed by atoms with Gasteiger partial charge in [0, 0.05) is 17.3 Å². The van der Waals surface area contributed by atoms with Crippen LogP contribution in [0.2, 0.25) is 0 Å². The van der Waals surface area contributed by atoms with Crippen molar-refractivity contribution >= 4 is 21.6 Å². The molecule has 0 saturated heterocycles. The lowest BCUT2D eigenvalue weighted by molar-refractivity contribution is 0.302. The van der Waals surface area contributed by atoms with Crippen LogP contribution in [0.4, 0.5) is 5.82 Å². The van der Waals surface area contributed by atoms with E-state index in [0.29, 0.717) is 0 Å². The summed E-state index contributed by atoms with van der Waals surface area (Å²) in [4.78, 5) is 4.87. The minimum Gasteiger partial charge on any atom is -0.383 e. The van der Waals surface area contributed by atoms with Crippen LogP contribution in [0.15, 0.2) is 42.6 Å². The van der Waals surface area contributed by atoms with E-state index < -0.39 is 10.1 Å². The first-order chi connectivity index (χ1) is 13.7. The third-order valence-corrected chi connectivity index (χ3v) is 5.08. The summed E-state index contributed by atoms with van der Waals surface area (Å²) in [5.74, 6) is 1.19. The Kier molecular flexibility index (Phi) is 5.62. The Balaban J connectivity index is 2.07. The van der Waals surface area contributed by atoms with Gasteiger partial charge in [0.2, 0.25) is 0 Å². The number of aromatic nitrogens is 2. The van der Waals surface area contributed by atoms with Gasteiger partial charge >= 0.3 is 10.1 Å². The van der Waals surface area contributed by atoms with E-state index in [1.165, 1.54) is 0 Å². The molecule has 0 aliphatic rings. The average molecular weight is 430 g/mol. The second-order valence-electron chi connectivity index (χ2n) is 9.80. The number of benzene rings is 1. The Morgan fingerprint density at radius 2 is 1.70 bits per heavy atom. The quantitative estimate of drug-likeness (QED) is 0.540. The predicted molar refractivity (Wildman–Crippen MR) is 123 cm³/mol. The van der Waals surface area contributed by atoms with Crippen LogP contribution in [-0.2, 0) is 10.1 Å². The highest BCUT2D eigenvalue weighted by Gasteiger charge is 2.28. The molecule has 30 heavy (non-hydrogen) atoms. The van der Waals surface area contributed by atoms with Gasteiger partial charge in [-0.05, 0) is 74.6 Å². The molecule has 162 valence electrons. The van der Waals surface area contributed by atoms with Crippen LogP contribution >= 0.6 is 0 Å². The molecule has 1 aromatic carbocycles. The summed E-state index contributed by atoms with van der Waals surface area (Å²) in [6, 6.07) is 11.1. The van der Waals surface area contributed by atoms with Gasteiger partial charge in [-0.25, -0.2) is 4.98 Å². The Labute approximate surface area is 179 Å². The monoisotopic (exact) mass is 429 g/mol. The summed E-state index contributed by atoms with van der Waals surface area (Å²) in [6.45, 7) is 13.1. The maximum atomic E-state index is 11.4. The van der Waals surface area contributed by atoms with Crippen LogP contribution in [0.5, 0.6) is 5.75 Å². The zero-order valence-corrected chi connectivity index (χ0v) is 19.6. The lowest BCUT2D eigenvalue weighted by atomic mass is 9.82. The second-order valence-corrected chi connectivity index (χ2v) is 11.4. The molecular formula is C23H31N3O3S. The summed E-state index contributed by atoms with van der Waals surface area (Å²) in [7, 11) is -3.56. The average Bonchev–Trinajstić information content (AvgIpc) is 2.88. The normalized spacial score (nSPS) is 12.9. The number of nitrogens with one attached hydrogen (secondary N) is 1. The number of imidazole rings is 1. The van der Waals surface area contributed by atoms with E-state index in [0.717, 1.165) is 41.0 Å². The molecule has 0 amide bonds. The fourth-order valence-electron chi connectivity index (χ4n) is 4.00. The number of hydrogen-bond donors (Lipinski definition) is 1. The molecule has 0 atom stereocenters. The van der Waals surface area contributed by atoms with E-state index in [1.54, 1.807) is 12.1 Å². The standard InChI is InChI=1S/C23H31N3O3S/c1-16-12-13-26-19(14-16)24-20(21(26)25-23(5,6)15-22(2,3)4)17-8-10-18(11-9-17)29-30(7,27)28/h8-14,25H,15H2,1-7H3. The maximum absolute atomic E-state index is 11.4. The summed E-state index contributed by atoms with van der Waals surface area (Å²) in [6.07, 6.45) is 4.03. The van der Waals surface area contributed by atoms with Crippen LogP contribution in [-0.4, -0.2) is 29.6 Å². The number of hydrogen-bond acceptors (Lipinski definition) is 5. The highest BCUT2D eigenvalue weighted by atomic mass is 32.2. The molecule has 0 radical (unpaired) electrons. The van der Waals surface area contributed by atoms with Gasteiger partial charge < -0.3 is 9.50 Å². The van der Waals surface area contributed by atoms with Gasteiger partial charge in [0.05, 0.1) is 6.26 Å². The maximum Gasteiger partial charge on any atom is 0.306 e. The first-order valence-corrected chi connectivity index (χ1v) is 11.8. The highest BCUT2D eigenvalue weighted by Crippen LogP contribution is 2.35. The molecular weight excluding hydrogens is 398 g/mol. The van der Waals surface area contributed by atoms with E-state index in [4.69, 9.17) is 9.17 Å². The number of fused-ring (bicyclic) bond motifs is 1. The van der Waals surface area contributed by atoms with Crippen LogP contribution in [0.25, 0.3) is 16.9 Å². The van der Waals surface area contributed by atoms with Crippen molar-refractivity contribution in [2.45, 2.75) is 53.5 Å². The van der Waals surface area contributed by atoms with Gasteiger partial charge in [0.25, 0.3) is 0 Å². The third-order valence-electron chi connectivity index (χ3n) is 4.59. The predicted octanol–water partition coefficient (Wildman–Crippen LogP) is 5.27. The number of nitrogens with zero attached hydrogens (tertiary/aromatic N) is 2. The Bertz CT molecular complexity index is 1150. The molecule has 0 fully saturated rings. The minimum atomic E-state index is -3.56. The van der Waals surface area contributed by atoms with Gasteiger partial charge in [0.1, 0.15) is 22.9 Å². The molecule has 3 aromatic rings. The first-order valence-electron chi connectivity index (χ1n) is 9.99. The molecule has 1 N–H and O–H groups in total. The van der Waals surface area contributed by atoms with Gasteiger partial charge in [-0.1, -0.05) is 20.8 Å². The summed E-state index contributed by atoms with van der Waals surface area (Å²) >= 11 is 0. The largest absolute Gasteiger partial charge is 0.383 e. The topological polar surface area (TPSA) is 72.7 Å². The molecule has 3 rings (SSSR count). The number of pyridine rings is 1. The van der Waals surface area contributed by atoms with E-state index >= 15 is 0 Å². The van der Waals surface area contributed by atoms with Crippen molar-refractivity contribution in [3.63, 3.8) is 0 Å². The molecule has 0 bridgehead atoms. The number of rotatable bonds is 6. The summed E-state index contributed by atoms with van der Waals surface area (Å²) in [5.41, 5.74) is 3.69. The molecule has 0 spiro atoms. The van der Waals surface area contributed by atoms with Crippen molar-refractivity contribution in [1.29, 1.82) is 0 Å². The van der Waals surface area contributed by atoms with Crippen LogP contribution in [0.3, 0.4) is 0 Å². The molecule has 0 aliphatic heterocycles. The molecule has 0 saturated carbocycles. The minimum absolute atomic E-state index is 0.160. The zero-order valence-electron chi connectivity index (χ0n) is 18.8. The lowest BCUT2D eigenvalue weighted by Crippen LogP contribution is -2.36. The molecule has 2 aromatic heterocycles. The zero-order chi connectivity index (χ0) is 22.3. The SMILES string of the molecule is Cc1ccn2c(NC(C)(C)CC(C)(C)C)c(-c3ccc(OS(C)(=O)=O)cc3)nc2c1. The summed E-state index contributed by atoms with van der Waals surface area (Å²) < 4.78 is 29.8. The molecule has 6 nitrogen and oxygen atoms in total. The third kappa shape index (κ3) is 5.53. The van der Waals surface area contributed by atoms with Crippen LogP contribution in [0.1, 0.15) is 46.6 Å². The van der Waals surface area contributed by atoms with E-state index in [2.05, 4.69) is 50.4 Å². The van der Waals surface area contributed by atoms with Gasteiger partial charge in [-0.15, -0.1) is 0 Å². The summed E-state index contributed by atoms with van der Waals surface area (Å²) in [5, 5.41) is 3.71. The van der Waals surface area contributed by atoms with Crippen LogP contribution < -0.4 is 9.50 Å². The Morgan fingerprint density at radius 1 is 1.07 bits per heavy atom. The first kappa shape index (κ1) is 22.2. The number of anilines is 1. The van der Waals surface area contributed by atoms with Crippen molar-refractivity contribution in [2.75, 3.05) is 11.6 Å². The Morgan fingerprint density at radius 3 is 2.27 bits per heavy atom. The van der Waals surface area contributed by atoms with E-state index in [9.17, 15) is 8.42 Å². The van der Waals surface area contributed by atoms with Crippen LogP contribution in [0, 0.1) is 12.3 Å². The second kappa shape index (κ2) is 7.61. The van der Waals surface area contributed by atoms with Gasteiger partial charge in [-0.3, -0.25) is 4.40 Å². The molecule has 2 heterocycles. The van der Waals surface area contributed by atoms with E-state index in [-0.39, 0.29) is 16.7 Å². The molecule has 7 heteroatoms. The van der Waals surface area contributed by atoms with Crippen molar-refractivity contribution in [3.05, 3.63) is 48.2 Å². The fourth-order valence-corrected chi connectivity index (χ4v) is 4.46.